The highest BCUT2D eigenvalue weighted by atomic mass is 35.5. The van der Waals surface area contributed by atoms with Crippen molar-refractivity contribution in [1.29, 1.82) is 0 Å². The lowest BCUT2D eigenvalue weighted by molar-refractivity contribution is 0.661. The quantitative estimate of drug-likeness (QED) is 0.450. The van der Waals surface area contributed by atoms with E-state index in [0.29, 0.717) is 52.7 Å². The number of anilines is 1. The molecule has 0 amide bonds. The fourth-order valence-electron chi connectivity index (χ4n) is 2.32. The summed E-state index contributed by atoms with van der Waals surface area (Å²) in [4.78, 5) is 9.28. The molecule has 26 heavy (non-hydrogen) atoms. The summed E-state index contributed by atoms with van der Waals surface area (Å²) in [5.74, 6) is 2.17. The van der Waals surface area contributed by atoms with E-state index < -0.39 is 0 Å². The number of benzene rings is 1. The highest BCUT2D eigenvalue weighted by Crippen LogP contribution is 2.24. The van der Waals surface area contributed by atoms with Crippen LogP contribution in [0.25, 0.3) is 11.2 Å². The van der Waals surface area contributed by atoms with Gasteiger partial charge in [-0.2, -0.15) is 0 Å². The van der Waals surface area contributed by atoms with E-state index in [-0.39, 0.29) is 0 Å². The van der Waals surface area contributed by atoms with Gasteiger partial charge in [-0.25, -0.2) is 14.6 Å². The molecule has 0 atom stereocenters. The second-order valence-electron chi connectivity index (χ2n) is 6.32. The lowest BCUT2D eigenvalue weighted by Crippen LogP contribution is -2.15. The van der Waals surface area contributed by atoms with Crippen LogP contribution in [0.15, 0.2) is 29.4 Å². The second kappa shape index (κ2) is 8.66. The van der Waals surface area contributed by atoms with E-state index in [0.717, 1.165) is 11.3 Å². The van der Waals surface area contributed by atoms with E-state index >= 15 is 0 Å². The summed E-state index contributed by atoms with van der Waals surface area (Å²) in [7, 11) is 0. The van der Waals surface area contributed by atoms with Crippen molar-refractivity contribution in [3.05, 3.63) is 34.9 Å². The number of aromatic nitrogens is 5. The molecule has 3 rings (SSSR count). The predicted molar refractivity (Wildman–Crippen MR) is 107 cm³/mol. The van der Waals surface area contributed by atoms with Crippen molar-refractivity contribution in [2.75, 3.05) is 24.2 Å². The average Bonchev–Trinajstić information content (AvgIpc) is 3.03. The third-order valence-corrected chi connectivity index (χ3v) is 5.10. The predicted octanol–water partition coefficient (Wildman–Crippen LogP) is 3.04. The van der Waals surface area contributed by atoms with Crippen molar-refractivity contribution in [3.8, 4) is 0 Å². The van der Waals surface area contributed by atoms with Gasteiger partial charge in [0.15, 0.2) is 22.1 Å². The van der Waals surface area contributed by atoms with Crippen LogP contribution in [-0.2, 0) is 6.54 Å². The maximum Gasteiger partial charge on any atom is 0.191 e. The van der Waals surface area contributed by atoms with Crippen LogP contribution in [0, 0.1) is 5.92 Å². The van der Waals surface area contributed by atoms with E-state index in [1.807, 2.05) is 24.3 Å². The number of fused-ring (bicyclic) bond motifs is 1. The first-order valence-electron chi connectivity index (χ1n) is 8.49. The Kier molecular flexibility index (Phi) is 6.29. The lowest BCUT2D eigenvalue weighted by Gasteiger charge is -2.09. The number of nitrogens with two attached hydrogens (primary N) is 1. The summed E-state index contributed by atoms with van der Waals surface area (Å²) in [6.07, 6.45) is 0. The van der Waals surface area contributed by atoms with Crippen LogP contribution in [0.4, 0.5) is 5.82 Å². The van der Waals surface area contributed by atoms with Crippen LogP contribution >= 0.6 is 23.4 Å². The number of halogens is 1. The Morgan fingerprint density at radius 2 is 2.00 bits per heavy atom. The van der Waals surface area contributed by atoms with Crippen molar-refractivity contribution in [3.63, 3.8) is 0 Å². The first-order chi connectivity index (χ1) is 12.6. The molecule has 0 saturated heterocycles. The molecule has 0 radical (unpaired) electrons. The standard InChI is InChI=1S/C17H22ClN7S/c1-11(2)10-26-17-21-15(20-8-7-19)14-16(22-17)25(24-23-14)9-12-3-5-13(18)6-4-12/h3-6,11H,7-10,19H2,1-2H3,(H,20,21,22). The van der Waals surface area contributed by atoms with Gasteiger partial charge in [0.2, 0.25) is 0 Å². The third kappa shape index (κ3) is 4.63. The molecule has 1 aromatic carbocycles. The Morgan fingerprint density at radius 3 is 2.69 bits per heavy atom. The van der Waals surface area contributed by atoms with Gasteiger partial charge in [0.1, 0.15) is 0 Å². The number of nitrogens with zero attached hydrogens (tertiary/aromatic N) is 5. The fourth-order valence-corrected chi connectivity index (χ4v) is 3.24. The molecule has 0 saturated carbocycles. The van der Waals surface area contributed by atoms with Crippen LogP contribution in [0.5, 0.6) is 0 Å². The van der Waals surface area contributed by atoms with E-state index in [9.17, 15) is 0 Å². The minimum Gasteiger partial charge on any atom is -0.367 e. The molecule has 2 aromatic heterocycles. The Morgan fingerprint density at radius 1 is 1.23 bits per heavy atom. The minimum absolute atomic E-state index is 0.513. The molecular weight excluding hydrogens is 370 g/mol. The normalized spacial score (nSPS) is 11.4. The van der Waals surface area contributed by atoms with Gasteiger partial charge in [-0.15, -0.1) is 5.10 Å². The Bertz CT molecular complexity index is 863. The second-order valence-corrected chi connectivity index (χ2v) is 7.74. The van der Waals surface area contributed by atoms with Gasteiger partial charge in [-0.3, -0.25) is 0 Å². The summed E-state index contributed by atoms with van der Waals surface area (Å²) in [6, 6.07) is 7.67. The molecule has 0 aliphatic heterocycles. The molecule has 9 heteroatoms. The van der Waals surface area contributed by atoms with Gasteiger partial charge in [0.25, 0.3) is 0 Å². The van der Waals surface area contributed by atoms with Gasteiger partial charge < -0.3 is 11.1 Å². The van der Waals surface area contributed by atoms with Crippen molar-refractivity contribution in [1.82, 2.24) is 25.0 Å². The lowest BCUT2D eigenvalue weighted by atomic mass is 10.2. The molecule has 0 aliphatic carbocycles. The maximum atomic E-state index is 5.96. The molecule has 0 fully saturated rings. The van der Waals surface area contributed by atoms with Gasteiger partial charge in [0.05, 0.1) is 6.54 Å². The monoisotopic (exact) mass is 391 g/mol. The maximum absolute atomic E-state index is 5.96. The Hall–Kier alpha value is -1.90. The van der Waals surface area contributed by atoms with Crippen molar-refractivity contribution < 1.29 is 0 Å². The van der Waals surface area contributed by atoms with Crippen molar-refractivity contribution in [2.24, 2.45) is 11.7 Å². The molecule has 3 aromatic rings. The smallest absolute Gasteiger partial charge is 0.191 e. The zero-order valence-corrected chi connectivity index (χ0v) is 16.4. The van der Waals surface area contributed by atoms with Crippen LogP contribution in [0.2, 0.25) is 5.02 Å². The summed E-state index contributed by atoms with van der Waals surface area (Å²) in [5, 5.41) is 13.2. The van der Waals surface area contributed by atoms with Gasteiger partial charge in [0, 0.05) is 23.9 Å². The summed E-state index contributed by atoms with van der Waals surface area (Å²) >= 11 is 7.59. The number of hydrogen-bond donors (Lipinski definition) is 2. The molecule has 0 unspecified atom stereocenters. The van der Waals surface area contributed by atoms with Crippen LogP contribution in [0.3, 0.4) is 0 Å². The molecular formula is C17H22ClN7S. The van der Waals surface area contributed by atoms with Gasteiger partial charge >= 0.3 is 0 Å². The molecule has 0 spiro atoms. The van der Waals surface area contributed by atoms with Crippen LogP contribution in [-0.4, -0.2) is 43.8 Å². The average molecular weight is 392 g/mol. The largest absolute Gasteiger partial charge is 0.367 e. The Labute approximate surface area is 161 Å². The SMILES string of the molecule is CC(C)CSc1nc(NCCN)c2nnn(Cc3ccc(Cl)cc3)c2n1. The number of rotatable bonds is 8. The fraction of sp³-hybridized carbons (Fsp3) is 0.412. The van der Waals surface area contributed by atoms with Crippen molar-refractivity contribution >= 4 is 40.3 Å². The first-order valence-corrected chi connectivity index (χ1v) is 9.85. The molecule has 3 N–H and O–H groups in total. The third-order valence-electron chi connectivity index (χ3n) is 3.57. The van der Waals surface area contributed by atoms with Crippen LogP contribution in [0.1, 0.15) is 19.4 Å². The van der Waals surface area contributed by atoms with E-state index in [2.05, 4.69) is 39.4 Å². The zero-order valence-electron chi connectivity index (χ0n) is 14.8. The number of hydrogen-bond acceptors (Lipinski definition) is 7. The van der Waals surface area contributed by atoms with Crippen LogP contribution < -0.4 is 11.1 Å². The highest BCUT2D eigenvalue weighted by Gasteiger charge is 2.15. The molecule has 138 valence electrons. The number of thioether (sulfide) groups is 1. The summed E-state index contributed by atoms with van der Waals surface area (Å²) in [5.41, 5.74) is 8.05. The highest BCUT2D eigenvalue weighted by molar-refractivity contribution is 7.99. The van der Waals surface area contributed by atoms with E-state index in [1.54, 1.807) is 16.4 Å². The molecule has 2 heterocycles. The molecule has 7 nitrogen and oxygen atoms in total. The topological polar surface area (TPSA) is 94.5 Å². The summed E-state index contributed by atoms with van der Waals surface area (Å²) < 4.78 is 1.79. The summed E-state index contributed by atoms with van der Waals surface area (Å²) in [6.45, 7) is 6.04. The number of nitrogens with one attached hydrogen (secondary N) is 1. The Balaban J connectivity index is 1.95. The van der Waals surface area contributed by atoms with E-state index in [4.69, 9.17) is 17.3 Å². The first kappa shape index (κ1) is 18.9. The molecule has 0 aliphatic rings. The zero-order chi connectivity index (χ0) is 18.5. The van der Waals surface area contributed by atoms with E-state index in [1.165, 1.54) is 0 Å². The van der Waals surface area contributed by atoms with Crippen molar-refractivity contribution in [2.45, 2.75) is 25.5 Å². The van der Waals surface area contributed by atoms with Gasteiger partial charge in [-0.05, 0) is 23.6 Å². The molecule has 0 bridgehead atoms. The minimum atomic E-state index is 0.513. The van der Waals surface area contributed by atoms with Gasteiger partial charge in [-0.1, -0.05) is 54.6 Å².